The van der Waals surface area contributed by atoms with Crippen LogP contribution in [0.5, 0.6) is 0 Å². The lowest BCUT2D eigenvalue weighted by molar-refractivity contribution is -0.140. The minimum absolute atomic E-state index is 0.159. The number of hydrogen-bond acceptors (Lipinski definition) is 3. The molecule has 4 heteroatoms. The monoisotopic (exact) mass is 261 g/mol. The Morgan fingerprint density at radius 2 is 2.43 bits per heavy atom. The van der Waals surface area contributed by atoms with Crippen molar-refractivity contribution in [3.8, 4) is 0 Å². The predicted octanol–water partition coefficient (Wildman–Crippen LogP) is 1.41. The summed E-state index contributed by atoms with van der Waals surface area (Å²) in [7, 11) is 1.44. The van der Waals surface area contributed by atoms with E-state index in [-0.39, 0.29) is 10.8 Å². The number of hydrogen-bond donors (Lipinski definition) is 0. The Kier molecular flexibility index (Phi) is 3.12. The smallest absolute Gasteiger partial charge is 0.320 e. The summed E-state index contributed by atoms with van der Waals surface area (Å²) in [6, 6.07) is 0.727. The van der Waals surface area contributed by atoms with Crippen LogP contribution in [0.15, 0.2) is 0 Å². The highest BCUT2D eigenvalue weighted by Gasteiger charge is 2.38. The van der Waals surface area contributed by atoms with Crippen LogP contribution in [0.4, 0.5) is 0 Å². The van der Waals surface area contributed by atoms with Crippen molar-refractivity contribution in [1.82, 2.24) is 4.90 Å². The van der Waals surface area contributed by atoms with Gasteiger partial charge in [0.25, 0.3) is 0 Å². The maximum Gasteiger partial charge on any atom is 0.320 e. The van der Waals surface area contributed by atoms with Gasteiger partial charge < -0.3 is 4.74 Å². The summed E-state index contributed by atoms with van der Waals surface area (Å²) in [5.41, 5.74) is 0. The topological polar surface area (TPSA) is 29.5 Å². The van der Waals surface area contributed by atoms with Gasteiger partial charge in [0.1, 0.15) is 4.83 Å². The molecule has 3 atom stereocenters. The average Bonchev–Trinajstić information content (AvgIpc) is 2.77. The maximum atomic E-state index is 11.2. The summed E-state index contributed by atoms with van der Waals surface area (Å²) in [6.07, 6.45) is 4.03. The molecule has 0 aromatic rings. The molecule has 3 unspecified atom stereocenters. The fraction of sp³-hybridized carbons (Fsp3) is 0.900. The highest BCUT2D eigenvalue weighted by Crippen LogP contribution is 2.37. The number of rotatable bonds is 3. The van der Waals surface area contributed by atoms with Gasteiger partial charge in [-0.2, -0.15) is 0 Å². The second-order valence-corrected chi connectivity index (χ2v) is 5.38. The van der Waals surface area contributed by atoms with Gasteiger partial charge in [0.15, 0.2) is 0 Å². The highest BCUT2D eigenvalue weighted by atomic mass is 79.9. The molecule has 0 radical (unpaired) electrons. The summed E-state index contributed by atoms with van der Waals surface area (Å²) in [6.45, 7) is 1.97. The summed E-state index contributed by atoms with van der Waals surface area (Å²) >= 11 is 3.37. The highest BCUT2D eigenvalue weighted by molar-refractivity contribution is 9.10. The number of piperidine rings is 1. The summed E-state index contributed by atoms with van der Waals surface area (Å²) < 4.78 is 4.69. The van der Waals surface area contributed by atoms with Crippen molar-refractivity contribution in [2.75, 3.05) is 20.2 Å². The molecule has 2 fully saturated rings. The van der Waals surface area contributed by atoms with E-state index in [1.54, 1.807) is 0 Å². The number of alkyl halides is 1. The van der Waals surface area contributed by atoms with E-state index in [2.05, 4.69) is 25.6 Å². The molecule has 1 aliphatic heterocycles. The number of carbonyl (C=O) groups is 1. The Hall–Kier alpha value is -0.0900. The number of likely N-dealkylation sites (tertiary alicyclic amines) is 1. The van der Waals surface area contributed by atoms with Crippen molar-refractivity contribution in [1.29, 1.82) is 0 Å². The van der Waals surface area contributed by atoms with Gasteiger partial charge in [-0.1, -0.05) is 15.9 Å². The zero-order valence-corrected chi connectivity index (χ0v) is 10.00. The molecule has 1 aliphatic carbocycles. The third-order valence-electron chi connectivity index (χ3n) is 3.37. The normalized spacial score (nSPS) is 33.3. The maximum absolute atomic E-state index is 11.2. The van der Waals surface area contributed by atoms with E-state index < -0.39 is 0 Å². The Labute approximate surface area is 92.9 Å². The van der Waals surface area contributed by atoms with Gasteiger partial charge in [0.05, 0.1) is 7.11 Å². The van der Waals surface area contributed by atoms with Gasteiger partial charge >= 0.3 is 5.97 Å². The molecule has 2 aliphatic rings. The van der Waals surface area contributed by atoms with Crippen LogP contribution in [0.25, 0.3) is 0 Å². The number of carbonyl (C=O) groups excluding carboxylic acids is 1. The van der Waals surface area contributed by atoms with Gasteiger partial charge in [-0.15, -0.1) is 0 Å². The van der Waals surface area contributed by atoms with Crippen LogP contribution in [0.1, 0.15) is 19.3 Å². The molecule has 14 heavy (non-hydrogen) atoms. The SMILES string of the molecule is COC(=O)C(Br)CN1CC2CCC1C2. The third-order valence-corrected chi connectivity index (χ3v) is 4.04. The van der Waals surface area contributed by atoms with Gasteiger partial charge in [0.2, 0.25) is 0 Å². The van der Waals surface area contributed by atoms with Gasteiger partial charge in [-0.3, -0.25) is 9.69 Å². The fourth-order valence-electron chi connectivity index (χ4n) is 2.66. The van der Waals surface area contributed by atoms with Gasteiger partial charge in [0, 0.05) is 19.1 Å². The molecule has 0 aromatic carbocycles. The lowest BCUT2D eigenvalue weighted by Gasteiger charge is -2.27. The number of methoxy groups -OCH3 is 1. The zero-order valence-electron chi connectivity index (χ0n) is 8.41. The first-order chi connectivity index (χ1) is 6.70. The minimum atomic E-state index is -0.160. The molecular weight excluding hydrogens is 246 g/mol. The Morgan fingerprint density at radius 1 is 1.64 bits per heavy atom. The van der Waals surface area contributed by atoms with E-state index in [1.807, 2.05) is 0 Å². The summed E-state index contributed by atoms with van der Waals surface area (Å²) in [5, 5.41) is 0. The number of halogens is 1. The Morgan fingerprint density at radius 3 is 2.93 bits per heavy atom. The van der Waals surface area contributed by atoms with E-state index in [4.69, 9.17) is 0 Å². The standard InChI is InChI=1S/C10H16BrNO2/c1-14-10(13)9(11)6-12-5-7-2-3-8(12)4-7/h7-9H,2-6H2,1H3. The first kappa shape index (κ1) is 10.4. The number of esters is 1. The molecule has 3 nitrogen and oxygen atoms in total. The Balaban J connectivity index is 1.83. The van der Waals surface area contributed by atoms with E-state index in [1.165, 1.54) is 32.9 Å². The largest absolute Gasteiger partial charge is 0.468 e. The fourth-order valence-corrected chi connectivity index (χ4v) is 3.22. The predicted molar refractivity (Wildman–Crippen MR) is 57.4 cm³/mol. The summed E-state index contributed by atoms with van der Waals surface area (Å²) in [4.78, 5) is 13.5. The molecule has 2 rings (SSSR count). The molecule has 0 aromatic heterocycles. The zero-order chi connectivity index (χ0) is 10.1. The summed E-state index contributed by atoms with van der Waals surface area (Å²) in [5.74, 6) is 0.727. The van der Waals surface area contributed by atoms with Crippen molar-refractivity contribution in [2.45, 2.75) is 30.1 Å². The number of nitrogens with zero attached hydrogens (tertiary/aromatic N) is 1. The minimum Gasteiger partial charge on any atom is -0.468 e. The van der Waals surface area contributed by atoms with Crippen LogP contribution in [-0.2, 0) is 9.53 Å². The van der Waals surface area contributed by atoms with E-state index >= 15 is 0 Å². The second-order valence-electron chi connectivity index (χ2n) is 4.28. The van der Waals surface area contributed by atoms with E-state index in [0.717, 1.165) is 18.5 Å². The lowest BCUT2D eigenvalue weighted by atomic mass is 10.1. The quantitative estimate of drug-likeness (QED) is 0.569. The third kappa shape index (κ3) is 1.96. The molecule has 0 spiro atoms. The van der Waals surface area contributed by atoms with Crippen LogP contribution in [-0.4, -0.2) is 41.9 Å². The van der Waals surface area contributed by atoms with Crippen molar-refractivity contribution in [2.24, 2.45) is 5.92 Å². The molecule has 1 heterocycles. The van der Waals surface area contributed by atoms with Crippen molar-refractivity contribution in [3.05, 3.63) is 0 Å². The first-order valence-corrected chi connectivity index (χ1v) is 6.08. The van der Waals surface area contributed by atoms with Crippen LogP contribution >= 0.6 is 15.9 Å². The molecular formula is C10H16BrNO2. The van der Waals surface area contributed by atoms with Crippen LogP contribution in [0, 0.1) is 5.92 Å². The van der Waals surface area contributed by atoms with Crippen LogP contribution in [0.2, 0.25) is 0 Å². The average molecular weight is 262 g/mol. The molecule has 0 N–H and O–H groups in total. The number of fused-ring (bicyclic) bond motifs is 2. The van der Waals surface area contributed by atoms with Crippen molar-refractivity contribution < 1.29 is 9.53 Å². The second kappa shape index (κ2) is 4.19. The van der Waals surface area contributed by atoms with Crippen molar-refractivity contribution >= 4 is 21.9 Å². The van der Waals surface area contributed by atoms with Gasteiger partial charge in [-0.25, -0.2) is 0 Å². The number of ether oxygens (including phenoxy) is 1. The molecule has 0 amide bonds. The van der Waals surface area contributed by atoms with Crippen LogP contribution in [0.3, 0.4) is 0 Å². The van der Waals surface area contributed by atoms with E-state index in [9.17, 15) is 4.79 Å². The molecule has 1 saturated heterocycles. The molecule has 1 saturated carbocycles. The molecule has 2 bridgehead atoms. The van der Waals surface area contributed by atoms with E-state index in [0.29, 0.717) is 0 Å². The van der Waals surface area contributed by atoms with Gasteiger partial charge in [-0.05, 0) is 25.2 Å². The van der Waals surface area contributed by atoms with Crippen LogP contribution < -0.4 is 0 Å². The molecule has 80 valence electrons. The Bertz CT molecular complexity index is 234. The lowest BCUT2D eigenvalue weighted by Crippen LogP contribution is -2.39. The first-order valence-electron chi connectivity index (χ1n) is 5.16. The van der Waals surface area contributed by atoms with Crippen molar-refractivity contribution in [3.63, 3.8) is 0 Å².